The highest BCUT2D eigenvalue weighted by Gasteiger charge is 2.25. The van der Waals surface area contributed by atoms with Gasteiger partial charge in [-0.1, -0.05) is 36.4 Å². The molecule has 0 saturated carbocycles. The van der Waals surface area contributed by atoms with Crippen LogP contribution in [0.4, 0.5) is 8.78 Å². The number of sulfonamides is 1. The van der Waals surface area contributed by atoms with Crippen LogP contribution in [0, 0.1) is 0 Å². The van der Waals surface area contributed by atoms with Gasteiger partial charge in [0, 0.05) is 25.0 Å². The van der Waals surface area contributed by atoms with E-state index in [9.17, 15) is 31.9 Å². The second kappa shape index (κ2) is 12.2. The molecule has 2 amide bonds. The number of alkyl halides is 2. The predicted octanol–water partition coefficient (Wildman–Crippen LogP) is 4.40. The zero-order valence-electron chi connectivity index (χ0n) is 23.0. The van der Waals surface area contributed by atoms with Crippen molar-refractivity contribution in [2.24, 2.45) is 0 Å². The maximum absolute atomic E-state index is 14.0. The van der Waals surface area contributed by atoms with Crippen molar-refractivity contribution in [3.05, 3.63) is 95.2 Å². The molecule has 0 radical (unpaired) electrons. The summed E-state index contributed by atoms with van der Waals surface area (Å²) in [5, 5.41) is 12.6. The van der Waals surface area contributed by atoms with E-state index in [2.05, 4.69) is 10.3 Å². The molecule has 1 atom stereocenters. The van der Waals surface area contributed by atoms with Crippen LogP contribution in [-0.4, -0.2) is 56.3 Å². The van der Waals surface area contributed by atoms with Crippen LogP contribution in [0.25, 0.3) is 22.0 Å². The maximum Gasteiger partial charge on any atom is 0.270 e. The van der Waals surface area contributed by atoms with E-state index in [0.717, 1.165) is 18.7 Å². The van der Waals surface area contributed by atoms with Gasteiger partial charge in [0.1, 0.15) is 11.4 Å². The van der Waals surface area contributed by atoms with Gasteiger partial charge >= 0.3 is 0 Å². The molecule has 0 fully saturated rings. The number of pyridine rings is 1. The number of hydrogen-bond donors (Lipinski definition) is 3. The van der Waals surface area contributed by atoms with E-state index >= 15 is 0 Å². The molecule has 9 nitrogen and oxygen atoms in total. The molecule has 1 heterocycles. The topological polar surface area (TPSA) is 135 Å². The Kier molecular flexibility index (Phi) is 8.88. The van der Waals surface area contributed by atoms with Gasteiger partial charge in [-0.3, -0.25) is 9.59 Å². The number of amides is 2. The lowest BCUT2D eigenvalue weighted by Crippen LogP contribution is -2.40. The number of phenols is 1. The SMILES string of the molecule is COC[C@H](Cc1ccc(O)cc1)NC(=O)c1cc(C(=O)NS(C)(=O)=O)c2cc(-c3cccc(C(C)(F)F)c3)ccc2n1. The van der Waals surface area contributed by atoms with Crippen molar-refractivity contribution in [2.45, 2.75) is 25.3 Å². The quantitative estimate of drug-likeness (QED) is 0.247. The highest BCUT2D eigenvalue weighted by atomic mass is 32.2. The van der Waals surface area contributed by atoms with Crippen molar-refractivity contribution >= 4 is 32.7 Å². The molecule has 0 saturated heterocycles. The molecule has 220 valence electrons. The van der Waals surface area contributed by atoms with Crippen LogP contribution < -0.4 is 10.0 Å². The Morgan fingerprint density at radius 3 is 2.33 bits per heavy atom. The number of benzene rings is 3. The van der Waals surface area contributed by atoms with Crippen LogP contribution in [0.3, 0.4) is 0 Å². The Morgan fingerprint density at radius 2 is 1.69 bits per heavy atom. The minimum atomic E-state index is -3.96. The molecule has 1 aromatic heterocycles. The molecule has 3 N–H and O–H groups in total. The third-order valence-electron chi connectivity index (χ3n) is 6.39. The number of aromatic nitrogens is 1. The molecule has 0 spiro atoms. The van der Waals surface area contributed by atoms with Gasteiger partial charge in [-0.2, -0.15) is 0 Å². The summed E-state index contributed by atoms with van der Waals surface area (Å²) in [6.45, 7) is 0.944. The summed E-state index contributed by atoms with van der Waals surface area (Å²) in [7, 11) is -2.48. The molecule has 0 aliphatic heterocycles. The third-order valence-corrected chi connectivity index (χ3v) is 6.94. The fraction of sp³-hybridized carbons (Fsp3) is 0.233. The van der Waals surface area contributed by atoms with E-state index in [1.54, 1.807) is 24.3 Å². The fourth-order valence-corrected chi connectivity index (χ4v) is 4.88. The fourth-order valence-electron chi connectivity index (χ4n) is 4.43. The summed E-state index contributed by atoms with van der Waals surface area (Å²) in [6, 6.07) is 17.6. The highest BCUT2D eigenvalue weighted by molar-refractivity contribution is 7.89. The Hall–Kier alpha value is -4.42. The summed E-state index contributed by atoms with van der Waals surface area (Å²) < 4.78 is 58.8. The maximum atomic E-state index is 14.0. The van der Waals surface area contributed by atoms with E-state index in [1.807, 2.05) is 4.72 Å². The Morgan fingerprint density at radius 1 is 1.00 bits per heavy atom. The second-order valence-corrected chi connectivity index (χ2v) is 11.7. The van der Waals surface area contributed by atoms with E-state index in [4.69, 9.17) is 4.74 Å². The number of nitrogens with zero attached hydrogens (tertiary/aromatic N) is 1. The van der Waals surface area contributed by atoms with Gasteiger partial charge in [-0.15, -0.1) is 0 Å². The summed E-state index contributed by atoms with van der Waals surface area (Å²) in [4.78, 5) is 30.8. The summed E-state index contributed by atoms with van der Waals surface area (Å²) in [6.07, 6.45) is 1.19. The normalized spacial score (nSPS) is 12.6. The Bertz CT molecular complexity index is 1740. The molecule has 42 heavy (non-hydrogen) atoms. The van der Waals surface area contributed by atoms with Gasteiger partial charge in [-0.05, 0) is 59.5 Å². The van der Waals surface area contributed by atoms with Gasteiger partial charge in [0.05, 0.1) is 30.0 Å². The van der Waals surface area contributed by atoms with Crippen LogP contribution in [0.5, 0.6) is 5.75 Å². The second-order valence-electron chi connectivity index (χ2n) is 9.96. The van der Waals surface area contributed by atoms with E-state index in [1.165, 1.54) is 55.6 Å². The first-order chi connectivity index (χ1) is 19.7. The number of rotatable bonds is 10. The minimum absolute atomic E-state index is 0.102. The van der Waals surface area contributed by atoms with E-state index in [-0.39, 0.29) is 40.1 Å². The lowest BCUT2D eigenvalue weighted by molar-refractivity contribution is 0.0175. The molecule has 3 aromatic carbocycles. The van der Waals surface area contributed by atoms with Gasteiger partial charge in [0.15, 0.2) is 0 Å². The van der Waals surface area contributed by atoms with Crippen LogP contribution in [-0.2, 0) is 27.1 Å². The summed E-state index contributed by atoms with van der Waals surface area (Å²) >= 11 is 0. The summed E-state index contributed by atoms with van der Waals surface area (Å²) in [5.74, 6) is -4.58. The number of hydrogen-bond acceptors (Lipinski definition) is 7. The van der Waals surface area contributed by atoms with Crippen LogP contribution in [0.1, 0.15) is 38.9 Å². The molecule has 0 unspecified atom stereocenters. The van der Waals surface area contributed by atoms with Crippen LogP contribution in [0.2, 0.25) is 0 Å². The molecule has 0 aliphatic carbocycles. The number of halogens is 2. The van der Waals surface area contributed by atoms with Crippen molar-refractivity contribution < 1.29 is 36.6 Å². The molecule has 4 rings (SSSR count). The number of fused-ring (bicyclic) bond motifs is 1. The average Bonchev–Trinajstić information content (AvgIpc) is 2.92. The van der Waals surface area contributed by atoms with Crippen molar-refractivity contribution in [3.8, 4) is 16.9 Å². The molecular weight excluding hydrogens is 568 g/mol. The van der Waals surface area contributed by atoms with Crippen molar-refractivity contribution in [1.29, 1.82) is 0 Å². The zero-order chi connectivity index (χ0) is 30.7. The Balaban J connectivity index is 1.74. The lowest BCUT2D eigenvalue weighted by atomic mass is 9.97. The van der Waals surface area contributed by atoms with Gasteiger partial charge in [-0.25, -0.2) is 26.9 Å². The lowest BCUT2D eigenvalue weighted by Gasteiger charge is -2.19. The van der Waals surface area contributed by atoms with Crippen molar-refractivity contribution in [1.82, 2.24) is 15.0 Å². The van der Waals surface area contributed by atoms with Gasteiger partial charge in [0.25, 0.3) is 17.7 Å². The number of ether oxygens (including phenoxy) is 1. The minimum Gasteiger partial charge on any atom is -0.508 e. The van der Waals surface area contributed by atoms with Gasteiger partial charge < -0.3 is 15.2 Å². The number of nitrogens with one attached hydrogen (secondary N) is 2. The predicted molar refractivity (Wildman–Crippen MR) is 154 cm³/mol. The zero-order valence-corrected chi connectivity index (χ0v) is 23.8. The van der Waals surface area contributed by atoms with Crippen LogP contribution in [0.15, 0.2) is 72.8 Å². The molecular formula is C30H29F2N3O6S. The van der Waals surface area contributed by atoms with Crippen molar-refractivity contribution in [2.75, 3.05) is 20.0 Å². The smallest absolute Gasteiger partial charge is 0.270 e. The third kappa shape index (κ3) is 7.65. The van der Waals surface area contributed by atoms with Crippen LogP contribution >= 0.6 is 0 Å². The average molecular weight is 598 g/mol. The summed E-state index contributed by atoms with van der Waals surface area (Å²) in [5.41, 5.74) is 1.48. The first-order valence-corrected chi connectivity index (χ1v) is 14.7. The highest BCUT2D eigenvalue weighted by Crippen LogP contribution is 2.32. The molecule has 4 aromatic rings. The molecule has 12 heteroatoms. The molecule has 0 aliphatic rings. The standard InChI is InChI=1S/C30H29F2N3O6S/c1-30(31,32)21-6-4-5-19(14-21)20-9-12-26-24(15-20)25(28(37)35-42(3,39)40)16-27(34-26)29(38)33-22(17-41-2)13-18-7-10-23(36)11-8-18/h4-12,14-16,22,36H,13,17H2,1-3H3,(H,33,38)(H,35,37)/t22-/m0/s1. The number of carbonyl (C=O) groups is 2. The van der Waals surface area contributed by atoms with E-state index < -0.39 is 33.8 Å². The van der Waals surface area contributed by atoms with Gasteiger partial charge in [0.2, 0.25) is 10.0 Å². The van der Waals surface area contributed by atoms with E-state index in [0.29, 0.717) is 17.5 Å². The number of aromatic hydroxyl groups is 1. The molecule has 0 bridgehead atoms. The first kappa shape index (κ1) is 30.5. The number of methoxy groups -OCH3 is 1. The number of carbonyl (C=O) groups excluding carboxylic acids is 2. The largest absolute Gasteiger partial charge is 0.508 e. The Labute approximate surface area is 241 Å². The number of phenolic OH excluding ortho intramolecular Hbond substituents is 1. The first-order valence-electron chi connectivity index (χ1n) is 12.8. The van der Waals surface area contributed by atoms with Crippen molar-refractivity contribution in [3.63, 3.8) is 0 Å². The monoisotopic (exact) mass is 597 g/mol.